The van der Waals surface area contributed by atoms with Gasteiger partial charge in [0, 0.05) is 19.2 Å². The SMILES string of the molecule is CC1CCCN(c2ccc(C(=O)OC(C)C(=O)Nc3ccccc3C(F)(F)F)cc2[N+](=O)[O-])C1. The number of para-hydroxylation sites is 1. The number of carbonyl (C=O) groups is 2. The summed E-state index contributed by atoms with van der Waals surface area (Å²) in [7, 11) is 0. The van der Waals surface area contributed by atoms with E-state index in [0.717, 1.165) is 31.0 Å². The number of esters is 1. The van der Waals surface area contributed by atoms with Gasteiger partial charge in [-0.05, 0) is 49.9 Å². The smallest absolute Gasteiger partial charge is 0.418 e. The fraction of sp³-hybridized carbons (Fsp3) is 0.391. The Balaban J connectivity index is 1.73. The standard InChI is InChI=1S/C23H24F3N3O5/c1-14-6-5-11-28(13-14)19-10-9-16(12-20(19)29(32)33)22(31)34-15(2)21(30)27-18-8-4-3-7-17(18)23(24,25)26/h3-4,7-10,12,14-15H,5-6,11,13H2,1-2H3,(H,27,30). The number of hydrogen-bond donors (Lipinski definition) is 1. The molecule has 1 fully saturated rings. The normalized spacial score (nSPS) is 17.1. The third kappa shape index (κ3) is 5.83. The quantitative estimate of drug-likeness (QED) is 0.354. The van der Waals surface area contributed by atoms with Gasteiger partial charge < -0.3 is 15.0 Å². The monoisotopic (exact) mass is 479 g/mol. The Labute approximate surface area is 193 Å². The minimum absolute atomic E-state index is 0.143. The van der Waals surface area contributed by atoms with Crippen molar-refractivity contribution < 1.29 is 32.4 Å². The molecule has 182 valence electrons. The van der Waals surface area contributed by atoms with Crippen LogP contribution in [0.15, 0.2) is 42.5 Å². The number of amides is 1. The lowest BCUT2D eigenvalue weighted by atomic mass is 9.99. The van der Waals surface area contributed by atoms with E-state index in [1.807, 2.05) is 4.90 Å². The second kappa shape index (κ2) is 10.1. The fourth-order valence-corrected chi connectivity index (χ4v) is 3.83. The van der Waals surface area contributed by atoms with E-state index >= 15 is 0 Å². The van der Waals surface area contributed by atoms with E-state index in [1.165, 1.54) is 31.2 Å². The van der Waals surface area contributed by atoms with Crippen LogP contribution in [0.5, 0.6) is 0 Å². The van der Waals surface area contributed by atoms with E-state index in [2.05, 4.69) is 12.2 Å². The molecule has 8 nitrogen and oxygen atoms in total. The van der Waals surface area contributed by atoms with Gasteiger partial charge in [0.05, 0.1) is 21.7 Å². The van der Waals surface area contributed by atoms with Crippen LogP contribution in [-0.4, -0.2) is 36.0 Å². The van der Waals surface area contributed by atoms with E-state index in [-0.39, 0.29) is 11.3 Å². The number of anilines is 2. The summed E-state index contributed by atoms with van der Waals surface area (Å²) < 4.78 is 44.4. The van der Waals surface area contributed by atoms with Gasteiger partial charge in [-0.25, -0.2) is 4.79 Å². The molecule has 2 aromatic rings. The van der Waals surface area contributed by atoms with Gasteiger partial charge in [0.2, 0.25) is 0 Å². The van der Waals surface area contributed by atoms with E-state index in [1.54, 1.807) is 0 Å². The Hall–Kier alpha value is -3.63. The van der Waals surface area contributed by atoms with Crippen LogP contribution in [0.3, 0.4) is 0 Å². The molecule has 0 radical (unpaired) electrons. The number of nitrogens with zero attached hydrogens (tertiary/aromatic N) is 2. The van der Waals surface area contributed by atoms with E-state index in [4.69, 9.17) is 4.74 Å². The van der Waals surface area contributed by atoms with Crippen molar-refractivity contribution >= 4 is 28.9 Å². The van der Waals surface area contributed by atoms with Crippen molar-refractivity contribution in [2.45, 2.75) is 39.0 Å². The number of carbonyl (C=O) groups excluding carboxylic acids is 2. The van der Waals surface area contributed by atoms with E-state index < -0.39 is 40.3 Å². The van der Waals surface area contributed by atoms with Crippen LogP contribution >= 0.6 is 0 Å². The molecule has 34 heavy (non-hydrogen) atoms. The summed E-state index contributed by atoms with van der Waals surface area (Å²) in [6.45, 7) is 4.57. The van der Waals surface area contributed by atoms with Crippen molar-refractivity contribution in [3.63, 3.8) is 0 Å². The first-order valence-electron chi connectivity index (χ1n) is 10.7. The molecule has 2 atom stereocenters. The first-order chi connectivity index (χ1) is 16.0. The van der Waals surface area contributed by atoms with Crippen molar-refractivity contribution in [2.75, 3.05) is 23.3 Å². The number of nitro groups is 1. The molecule has 0 saturated carbocycles. The number of piperidine rings is 1. The summed E-state index contributed by atoms with van der Waals surface area (Å²) in [4.78, 5) is 37.8. The first-order valence-corrected chi connectivity index (χ1v) is 10.7. The maximum Gasteiger partial charge on any atom is 0.418 e. The highest BCUT2D eigenvalue weighted by Crippen LogP contribution is 2.35. The molecule has 0 bridgehead atoms. The summed E-state index contributed by atoms with van der Waals surface area (Å²) in [6.07, 6.45) is -4.21. The first kappa shape index (κ1) is 25.0. The summed E-state index contributed by atoms with van der Waals surface area (Å²) in [6, 6.07) is 8.33. The van der Waals surface area contributed by atoms with Gasteiger partial charge in [-0.1, -0.05) is 19.1 Å². The van der Waals surface area contributed by atoms with Gasteiger partial charge in [0.1, 0.15) is 5.69 Å². The molecule has 1 heterocycles. The molecule has 11 heteroatoms. The number of ether oxygens (including phenoxy) is 1. The lowest BCUT2D eigenvalue weighted by Gasteiger charge is -2.32. The third-order valence-corrected chi connectivity index (χ3v) is 5.55. The van der Waals surface area contributed by atoms with Crippen molar-refractivity contribution in [1.82, 2.24) is 0 Å². The number of rotatable bonds is 6. The van der Waals surface area contributed by atoms with Gasteiger partial charge in [-0.2, -0.15) is 13.2 Å². The molecule has 1 aliphatic rings. The maximum absolute atomic E-state index is 13.1. The van der Waals surface area contributed by atoms with Crippen LogP contribution in [0.4, 0.5) is 30.2 Å². The van der Waals surface area contributed by atoms with Gasteiger partial charge in [0.15, 0.2) is 6.10 Å². The maximum atomic E-state index is 13.1. The Morgan fingerprint density at radius 2 is 1.94 bits per heavy atom. The zero-order chi connectivity index (χ0) is 25.0. The summed E-state index contributed by atoms with van der Waals surface area (Å²) >= 11 is 0. The molecular formula is C23H24F3N3O5. The summed E-state index contributed by atoms with van der Waals surface area (Å²) in [5.74, 6) is -1.60. The Morgan fingerprint density at radius 3 is 2.59 bits per heavy atom. The number of alkyl halides is 3. The van der Waals surface area contributed by atoms with E-state index in [0.29, 0.717) is 24.7 Å². The number of nitrogens with one attached hydrogen (secondary N) is 1. The molecule has 0 aromatic heterocycles. The average molecular weight is 479 g/mol. The highest BCUT2D eigenvalue weighted by atomic mass is 19.4. The number of benzene rings is 2. The number of halogens is 3. The Morgan fingerprint density at radius 1 is 1.24 bits per heavy atom. The molecule has 2 unspecified atom stereocenters. The molecule has 1 amide bonds. The number of nitro benzene ring substituents is 1. The van der Waals surface area contributed by atoms with E-state index in [9.17, 15) is 32.9 Å². The van der Waals surface area contributed by atoms with Crippen molar-refractivity contribution in [1.29, 1.82) is 0 Å². The van der Waals surface area contributed by atoms with Gasteiger partial charge >= 0.3 is 12.1 Å². The predicted molar refractivity (Wildman–Crippen MR) is 119 cm³/mol. The molecule has 2 aromatic carbocycles. The van der Waals surface area contributed by atoms with Crippen LogP contribution < -0.4 is 10.2 Å². The van der Waals surface area contributed by atoms with Crippen LogP contribution in [0.1, 0.15) is 42.6 Å². The lowest BCUT2D eigenvalue weighted by Crippen LogP contribution is -2.34. The molecule has 1 N–H and O–H groups in total. The van der Waals surface area contributed by atoms with Crippen LogP contribution in [0.2, 0.25) is 0 Å². The topological polar surface area (TPSA) is 102 Å². The molecule has 1 aliphatic heterocycles. The molecule has 1 saturated heterocycles. The second-order valence-corrected chi connectivity index (χ2v) is 8.23. The number of hydrogen-bond acceptors (Lipinski definition) is 6. The largest absolute Gasteiger partial charge is 0.449 e. The lowest BCUT2D eigenvalue weighted by molar-refractivity contribution is -0.384. The zero-order valence-electron chi connectivity index (χ0n) is 18.6. The molecule has 3 rings (SSSR count). The minimum atomic E-state index is -4.68. The summed E-state index contributed by atoms with van der Waals surface area (Å²) in [5, 5.41) is 13.7. The van der Waals surface area contributed by atoms with Gasteiger partial charge in [-0.3, -0.25) is 14.9 Å². The minimum Gasteiger partial charge on any atom is -0.449 e. The highest BCUT2D eigenvalue weighted by Gasteiger charge is 2.34. The van der Waals surface area contributed by atoms with Crippen LogP contribution in [-0.2, 0) is 15.7 Å². The average Bonchev–Trinajstić information content (AvgIpc) is 2.78. The van der Waals surface area contributed by atoms with Gasteiger partial charge in [-0.15, -0.1) is 0 Å². The Bertz CT molecular complexity index is 1090. The third-order valence-electron chi connectivity index (χ3n) is 5.55. The van der Waals surface area contributed by atoms with Crippen LogP contribution in [0, 0.1) is 16.0 Å². The second-order valence-electron chi connectivity index (χ2n) is 8.23. The van der Waals surface area contributed by atoms with Crippen molar-refractivity contribution in [2.24, 2.45) is 5.92 Å². The highest BCUT2D eigenvalue weighted by molar-refractivity contribution is 5.98. The molecular weight excluding hydrogens is 455 g/mol. The molecule has 0 aliphatic carbocycles. The van der Waals surface area contributed by atoms with Gasteiger partial charge in [0.25, 0.3) is 11.6 Å². The van der Waals surface area contributed by atoms with Crippen molar-refractivity contribution in [3.05, 3.63) is 63.7 Å². The zero-order valence-corrected chi connectivity index (χ0v) is 18.6. The van der Waals surface area contributed by atoms with Crippen molar-refractivity contribution in [3.8, 4) is 0 Å². The Kier molecular flexibility index (Phi) is 7.43. The summed E-state index contributed by atoms with van der Waals surface area (Å²) in [5.41, 5.74) is -1.53. The fourth-order valence-electron chi connectivity index (χ4n) is 3.83. The molecule has 0 spiro atoms. The predicted octanol–water partition coefficient (Wildman–Crippen LogP) is 5.03. The van der Waals surface area contributed by atoms with Crippen LogP contribution in [0.25, 0.3) is 0 Å².